The van der Waals surface area contributed by atoms with E-state index in [4.69, 9.17) is 5.73 Å². The minimum absolute atomic E-state index is 0.300. The molecule has 1 aliphatic heterocycles. The molecule has 3 aromatic rings. The van der Waals surface area contributed by atoms with E-state index in [2.05, 4.69) is 70.3 Å². The first-order chi connectivity index (χ1) is 12.7. The van der Waals surface area contributed by atoms with E-state index in [9.17, 15) is 0 Å². The van der Waals surface area contributed by atoms with Crippen LogP contribution >= 0.6 is 0 Å². The molecular weight excluding hydrogens is 320 g/mol. The summed E-state index contributed by atoms with van der Waals surface area (Å²) >= 11 is 0. The molecule has 0 bridgehead atoms. The van der Waals surface area contributed by atoms with Gasteiger partial charge < -0.3 is 5.73 Å². The molecule has 4 heteroatoms. The number of hydrogen-bond acceptors (Lipinski definition) is 4. The zero-order valence-corrected chi connectivity index (χ0v) is 15.1. The molecule has 0 amide bonds. The average Bonchev–Trinajstić information content (AvgIpc) is 3.23. The van der Waals surface area contributed by atoms with E-state index in [1.54, 1.807) is 12.4 Å². The monoisotopic (exact) mass is 344 g/mol. The summed E-state index contributed by atoms with van der Waals surface area (Å²) < 4.78 is 0. The Labute approximate surface area is 154 Å². The van der Waals surface area contributed by atoms with Crippen molar-refractivity contribution in [3.8, 4) is 22.3 Å². The lowest BCUT2D eigenvalue weighted by molar-refractivity contribution is 0.263. The molecule has 0 saturated carbocycles. The third-order valence-corrected chi connectivity index (χ3v) is 5.30. The van der Waals surface area contributed by atoms with Crippen molar-refractivity contribution in [2.45, 2.75) is 25.8 Å². The van der Waals surface area contributed by atoms with Gasteiger partial charge in [-0.15, -0.1) is 0 Å². The third kappa shape index (κ3) is 3.46. The molecule has 2 aromatic carbocycles. The molecule has 4 rings (SSSR count). The quantitative estimate of drug-likeness (QED) is 0.754. The fourth-order valence-electron chi connectivity index (χ4n) is 3.64. The van der Waals surface area contributed by atoms with Crippen molar-refractivity contribution in [1.82, 2.24) is 14.9 Å². The van der Waals surface area contributed by atoms with Crippen molar-refractivity contribution in [2.24, 2.45) is 0 Å². The Kier molecular flexibility index (Phi) is 4.67. The zero-order valence-electron chi connectivity index (χ0n) is 15.1. The van der Waals surface area contributed by atoms with Crippen LogP contribution in [0.25, 0.3) is 22.3 Å². The highest BCUT2D eigenvalue weighted by molar-refractivity contribution is 5.70. The Morgan fingerprint density at radius 2 is 1.23 bits per heavy atom. The number of likely N-dealkylation sites (tertiary alicyclic amines) is 1. The van der Waals surface area contributed by atoms with Crippen LogP contribution in [0.4, 0.5) is 5.95 Å². The summed E-state index contributed by atoms with van der Waals surface area (Å²) in [5.41, 5.74) is 11.5. The summed E-state index contributed by atoms with van der Waals surface area (Å²) in [6.45, 7) is 4.75. The third-order valence-electron chi connectivity index (χ3n) is 5.30. The average molecular weight is 344 g/mol. The van der Waals surface area contributed by atoms with Crippen LogP contribution in [0, 0.1) is 0 Å². The molecule has 4 nitrogen and oxygen atoms in total. The van der Waals surface area contributed by atoms with Gasteiger partial charge in [0.25, 0.3) is 0 Å². The lowest BCUT2D eigenvalue weighted by Gasteiger charge is -2.24. The summed E-state index contributed by atoms with van der Waals surface area (Å²) in [4.78, 5) is 10.7. The first kappa shape index (κ1) is 16.7. The summed E-state index contributed by atoms with van der Waals surface area (Å²) in [5, 5.41) is 0. The molecule has 2 N–H and O–H groups in total. The van der Waals surface area contributed by atoms with E-state index in [0.29, 0.717) is 12.0 Å². The molecule has 1 aromatic heterocycles. The number of nitrogens with two attached hydrogens (primary N) is 1. The molecule has 2 heterocycles. The molecule has 1 saturated heterocycles. The topological polar surface area (TPSA) is 55.0 Å². The number of benzene rings is 2. The van der Waals surface area contributed by atoms with Crippen LogP contribution in [-0.2, 0) is 0 Å². The Balaban J connectivity index is 1.51. The standard InChI is InChI=1S/C22H24N4/c1-16(26-12-2-3-13-26)17-4-6-18(7-5-17)19-8-10-20(11-9-19)21-14-24-22(23)25-15-21/h4-11,14-16H,2-3,12-13H2,1H3,(H2,23,24,25). The van der Waals surface area contributed by atoms with Gasteiger partial charge in [-0.2, -0.15) is 0 Å². The molecule has 1 fully saturated rings. The molecule has 0 aliphatic carbocycles. The van der Waals surface area contributed by atoms with Crippen molar-refractivity contribution in [3.63, 3.8) is 0 Å². The number of aromatic nitrogens is 2. The largest absolute Gasteiger partial charge is 0.368 e. The SMILES string of the molecule is CC(c1ccc(-c2ccc(-c3cnc(N)nc3)cc2)cc1)N1CCCC1. The van der Waals surface area contributed by atoms with Gasteiger partial charge in [0, 0.05) is 24.0 Å². The first-order valence-corrected chi connectivity index (χ1v) is 9.23. The van der Waals surface area contributed by atoms with E-state index >= 15 is 0 Å². The van der Waals surface area contributed by atoms with Gasteiger partial charge >= 0.3 is 0 Å². The molecule has 0 spiro atoms. The van der Waals surface area contributed by atoms with Crippen molar-refractivity contribution >= 4 is 5.95 Å². The second kappa shape index (κ2) is 7.26. The van der Waals surface area contributed by atoms with Crippen LogP contribution < -0.4 is 5.73 Å². The van der Waals surface area contributed by atoms with Gasteiger partial charge in [-0.25, -0.2) is 9.97 Å². The summed E-state index contributed by atoms with van der Waals surface area (Å²) in [6, 6.07) is 18.0. The fourth-order valence-corrected chi connectivity index (χ4v) is 3.64. The summed E-state index contributed by atoms with van der Waals surface area (Å²) in [5.74, 6) is 0.300. The van der Waals surface area contributed by atoms with Crippen LogP contribution in [-0.4, -0.2) is 28.0 Å². The van der Waals surface area contributed by atoms with Crippen LogP contribution in [0.2, 0.25) is 0 Å². The predicted molar refractivity (Wildman–Crippen MR) is 107 cm³/mol. The van der Waals surface area contributed by atoms with Gasteiger partial charge in [0.05, 0.1) is 0 Å². The van der Waals surface area contributed by atoms with Gasteiger partial charge in [0.2, 0.25) is 5.95 Å². The number of rotatable bonds is 4. The first-order valence-electron chi connectivity index (χ1n) is 9.23. The van der Waals surface area contributed by atoms with Gasteiger partial charge in [0.15, 0.2) is 0 Å². The predicted octanol–water partition coefficient (Wildman–Crippen LogP) is 4.55. The lowest BCUT2D eigenvalue weighted by atomic mass is 9.99. The van der Waals surface area contributed by atoms with Gasteiger partial charge in [-0.05, 0) is 55.1 Å². The number of anilines is 1. The lowest BCUT2D eigenvalue weighted by Crippen LogP contribution is -2.23. The zero-order chi connectivity index (χ0) is 17.9. The van der Waals surface area contributed by atoms with Gasteiger partial charge in [-0.1, -0.05) is 48.5 Å². The van der Waals surface area contributed by atoms with Crippen LogP contribution in [0.15, 0.2) is 60.9 Å². The van der Waals surface area contributed by atoms with E-state index in [0.717, 1.165) is 11.1 Å². The van der Waals surface area contributed by atoms with Crippen LogP contribution in [0.1, 0.15) is 31.4 Å². The number of nitrogens with zero attached hydrogens (tertiary/aromatic N) is 3. The Morgan fingerprint density at radius 1 is 0.769 bits per heavy atom. The van der Waals surface area contributed by atoms with E-state index in [1.165, 1.54) is 42.6 Å². The second-order valence-corrected chi connectivity index (χ2v) is 6.95. The molecule has 1 unspecified atom stereocenters. The molecule has 132 valence electrons. The molecule has 1 aliphatic rings. The minimum Gasteiger partial charge on any atom is -0.368 e. The van der Waals surface area contributed by atoms with Crippen LogP contribution in [0.5, 0.6) is 0 Å². The van der Waals surface area contributed by atoms with Crippen LogP contribution in [0.3, 0.4) is 0 Å². The molecule has 26 heavy (non-hydrogen) atoms. The highest BCUT2D eigenvalue weighted by Gasteiger charge is 2.19. The van der Waals surface area contributed by atoms with Crippen molar-refractivity contribution in [2.75, 3.05) is 18.8 Å². The Hall–Kier alpha value is -2.72. The minimum atomic E-state index is 0.300. The number of hydrogen-bond donors (Lipinski definition) is 1. The van der Waals surface area contributed by atoms with Gasteiger partial charge in [0.1, 0.15) is 0 Å². The maximum Gasteiger partial charge on any atom is 0.219 e. The van der Waals surface area contributed by atoms with Crippen molar-refractivity contribution in [1.29, 1.82) is 0 Å². The number of nitrogen functional groups attached to an aromatic ring is 1. The highest BCUT2D eigenvalue weighted by atomic mass is 15.2. The van der Waals surface area contributed by atoms with E-state index in [-0.39, 0.29) is 0 Å². The maximum atomic E-state index is 5.55. The summed E-state index contributed by atoms with van der Waals surface area (Å²) in [6.07, 6.45) is 6.17. The highest BCUT2D eigenvalue weighted by Crippen LogP contribution is 2.28. The normalized spacial score (nSPS) is 15.9. The molecule has 0 radical (unpaired) electrons. The summed E-state index contributed by atoms with van der Waals surface area (Å²) in [7, 11) is 0. The van der Waals surface area contributed by atoms with E-state index < -0.39 is 0 Å². The second-order valence-electron chi connectivity index (χ2n) is 6.95. The Bertz CT molecular complexity index is 848. The smallest absolute Gasteiger partial charge is 0.219 e. The fraction of sp³-hybridized carbons (Fsp3) is 0.273. The van der Waals surface area contributed by atoms with Crippen molar-refractivity contribution in [3.05, 3.63) is 66.5 Å². The van der Waals surface area contributed by atoms with Crippen molar-refractivity contribution < 1.29 is 0 Å². The molecular formula is C22H24N4. The van der Waals surface area contributed by atoms with E-state index in [1.807, 2.05) is 0 Å². The van der Waals surface area contributed by atoms with Gasteiger partial charge in [-0.3, -0.25) is 4.90 Å². The maximum absolute atomic E-state index is 5.55. The Morgan fingerprint density at radius 3 is 1.77 bits per heavy atom. The molecule has 1 atom stereocenters.